The van der Waals surface area contributed by atoms with Crippen molar-refractivity contribution < 1.29 is 9.52 Å². The topological polar surface area (TPSA) is 50.4 Å². The van der Waals surface area contributed by atoms with Crippen LogP contribution in [0.25, 0.3) is 11.0 Å². The predicted octanol–water partition coefficient (Wildman–Crippen LogP) is 5.57. The number of rotatable bonds is 10. The molecule has 23 heavy (non-hydrogen) atoms. The van der Waals surface area contributed by atoms with Crippen molar-refractivity contribution in [3.8, 4) is 5.75 Å². The van der Waals surface area contributed by atoms with Crippen molar-refractivity contribution in [1.82, 2.24) is 0 Å². The second kappa shape index (κ2) is 9.39. The van der Waals surface area contributed by atoms with E-state index in [4.69, 9.17) is 4.42 Å². The lowest BCUT2D eigenvalue weighted by molar-refractivity contribution is 0.472. The Morgan fingerprint density at radius 2 is 1.57 bits per heavy atom. The Morgan fingerprint density at radius 3 is 2.26 bits per heavy atom. The molecule has 0 atom stereocenters. The van der Waals surface area contributed by atoms with Gasteiger partial charge in [0.15, 0.2) is 0 Å². The molecule has 1 aromatic carbocycles. The third-order valence-electron chi connectivity index (χ3n) is 4.34. The van der Waals surface area contributed by atoms with E-state index in [1.807, 2.05) is 6.07 Å². The maximum absolute atomic E-state index is 12.0. The van der Waals surface area contributed by atoms with Gasteiger partial charge in [0.05, 0.1) is 0 Å². The molecule has 126 valence electrons. The van der Waals surface area contributed by atoms with Gasteiger partial charge in [0.25, 0.3) is 0 Å². The summed E-state index contributed by atoms with van der Waals surface area (Å²) < 4.78 is 5.29. The normalized spacial score (nSPS) is 11.2. The molecule has 0 aliphatic heterocycles. The number of phenols is 1. The quantitative estimate of drug-likeness (QED) is 0.460. The Bertz CT molecular complexity index is 657. The summed E-state index contributed by atoms with van der Waals surface area (Å²) in [5, 5.41) is 10.3. The molecule has 2 rings (SSSR count). The van der Waals surface area contributed by atoms with E-state index in [9.17, 15) is 9.90 Å². The first kappa shape index (κ1) is 17.6. The number of aromatic hydroxyl groups is 1. The SMILES string of the molecule is CCCCCCCCCCCc1cc2ccc(O)cc2oc1=O. The molecule has 3 nitrogen and oxygen atoms in total. The summed E-state index contributed by atoms with van der Waals surface area (Å²) in [6, 6.07) is 6.78. The first-order chi connectivity index (χ1) is 11.2. The molecule has 0 saturated heterocycles. The van der Waals surface area contributed by atoms with E-state index in [0.717, 1.165) is 23.8 Å². The van der Waals surface area contributed by atoms with Gasteiger partial charge in [-0.1, -0.05) is 58.3 Å². The number of unbranched alkanes of at least 4 members (excludes halogenated alkanes) is 8. The molecule has 0 aliphatic carbocycles. The lowest BCUT2D eigenvalue weighted by Crippen LogP contribution is -2.06. The maximum Gasteiger partial charge on any atom is 0.339 e. The van der Waals surface area contributed by atoms with Crippen LogP contribution in [0.5, 0.6) is 5.75 Å². The molecule has 0 amide bonds. The maximum atomic E-state index is 12.0. The number of hydrogen-bond donors (Lipinski definition) is 1. The van der Waals surface area contributed by atoms with Gasteiger partial charge in [0.1, 0.15) is 11.3 Å². The molecule has 0 unspecified atom stereocenters. The third kappa shape index (κ3) is 5.74. The molecule has 0 spiro atoms. The highest BCUT2D eigenvalue weighted by atomic mass is 16.4. The van der Waals surface area contributed by atoms with E-state index >= 15 is 0 Å². The summed E-state index contributed by atoms with van der Waals surface area (Å²) >= 11 is 0. The lowest BCUT2D eigenvalue weighted by atomic mass is 10.0. The van der Waals surface area contributed by atoms with E-state index < -0.39 is 0 Å². The smallest absolute Gasteiger partial charge is 0.339 e. The Kier molecular flexibility index (Phi) is 7.18. The fourth-order valence-corrected chi connectivity index (χ4v) is 2.94. The van der Waals surface area contributed by atoms with E-state index in [1.165, 1.54) is 57.4 Å². The van der Waals surface area contributed by atoms with Gasteiger partial charge in [0.2, 0.25) is 0 Å². The first-order valence-electron chi connectivity index (χ1n) is 8.96. The fraction of sp³-hybridized carbons (Fsp3) is 0.550. The van der Waals surface area contributed by atoms with Crippen LogP contribution in [0.4, 0.5) is 0 Å². The summed E-state index contributed by atoms with van der Waals surface area (Å²) in [6.07, 6.45) is 12.2. The van der Waals surface area contributed by atoms with E-state index in [2.05, 4.69) is 6.92 Å². The van der Waals surface area contributed by atoms with Crippen LogP contribution in [-0.4, -0.2) is 5.11 Å². The molecule has 1 heterocycles. The lowest BCUT2D eigenvalue weighted by Gasteiger charge is -2.04. The summed E-state index contributed by atoms with van der Waals surface area (Å²) in [6.45, 7) is 2.24. The monoisotopic (exact) mass is 316 g/mol. The summed E-state index contributed by atoms with van der Waals surface area (Å²) in [4.78, 5) is 12.0. The zero-order valence-electron chi connectivity index (χ0n) is 14.1. The van der Waals surface area contributed by atoms with Crippen molar-refractivity contribution in [2.24, 2.45) is 0 Å². The second-order valence-corrected chi connectivity index (χ2v) is 6.36. The van der Waals surface area contributed by atoms with Crippen molar-refractivity contribution in [1.29, 1.82) is 0 Å². The minimum absolute atomic E-state index is 0.118. The highest BCUT2D eigenvalue weighted by Crippen LogP contribution is 2.20. The number of fused-ring (bicyclic) bond motifs is 1. The van der Waals surface area contributed by atoms with Gasteiger partial charge in [-0.15, -0.1) is 0 Å². The largest absolute Gasteiger partial charge is 0.508 e. The molecular formula is C20H28O3. The van der Waals surface area contributed by atoms with Gasteiger partial charge in [-0.3, -0.25) is 0 Å². The van der Waals surface area contributed by atoms with Crippen molar-refractivity contribution in [3.63, 3.8) is 0 Å². The summed E-state index contributed by atoms with van der Waals surface area (Å²) in [5.41, 5.74) is 0.916. The van der Waals surface area contributed by atoms with Crippen LogP contribution in [0, 0.1) is 0 Å². The van der Waals surface area contributed by atoms with Crippen molar-refractivity contribution >= 4 is 11.0 Å². The zero-order chi connectivity index (χ0) is 16.5. The highest BCUT2D eigenvalue weighted by molar-refractivity contribution is 5.78. The van der Waals surface area contributed by atoms with Gasteiger partial charge in [-0.25, -0.2) is 4.79 Å². The minimum Gasteiger partial charge on any atom is -0.508 e. The Labute approximate surface area is 138 Å². The number of hydrogen-bond acceptors (Lipinski definition) is 3. The Balaban J connectivity index is 1.73. The van der Waals surface area contributed by atoms with Crippen LogP contribution in [-0.2, 0) is 6.42 Å². The van der Waals surface area contributed by atoms with Gasteiger partial charge >= 0.3 is 5.63 Å². The molecule has 0 saturated carbocycles. The van der Waals surface area contributed by atoms with Gasteiger partial charge in [-0.05, 0) is 31.0 Å². The van der Waals surface area contributed by atoms with Gasteiger partial charge in [-0.2, -0.15) is 0 Å². The van der Waals surface area contributed by atoms with Crippen LogP contribution in [0.15, 0.2) is 33.5 Å². The second-order valence-electron chi connectivity index (χ2n) is 6.36. The average molecular weight is 316 g/mol. The average Bonchev–Trinajstić information content (AvgIpc) is 2.53. The van der Waals surface area contributed by atoms with Crippen molar-refractivity contribution in [2.45, 2.75) is 71.1 Å². The molecule has 3 heteroatoms. The third-order valence-corrected chi connectivity index (χ3v) is 4.34. The number of phenolic OH excluding ortho intramolecular Hbond substituents is 1. The minimum atomic E-state index is -0.275. The van der Waals surface area contributed by atoms with Crippen molar-refractivity contribution in [2.75, 3.05) is 0 Å². The molecule has 0 fully saturated rings. The van der Waals surface area contributed by atoms with Crippen LogP contribution in [0.1, 0.15) is 70.3 Å². The fourth-order valence-electron chi connectivity index (χ4n) is 2.94. The molecule has 0 aliphatic rings. The zero-order valence-corrected chi connectivity index (χ0v) is 14.1. The molecule has 2 aromatic rings. The molecule has 1 N–H and O–H groups in total. The molecule has 0 bridgehead atoms. The number of benzene rings is 1. The molecule has 0 radical (unpaired) electrons. The molecular weight excluding hydrogens is 288 g/mol. The van der Waals surface area contributed by atoms with E-state index in [-0.39, 0.29) is 11.4 Å². The number of aryl methyl sites for hydroxylation is 1. The summed E-state index contributed by atoms with van der Waals surface area (Å²) in [5.74, 6) is 0.118. The Hall–Kier alpha value is -1.77. The predicted molar refractivity (Wildman–Crippen MR) is 95.1 cm³/mol. The van der Waals surface area contributed by atoms with Gasteiger partial charge < -0.3 is 9.52 Å². The van der Waals surface area contributed by atoms with Crippen LogP contribution >= 0.6 is 0 Å². The van der Waals surface area contributed by atoms with E-state index in [0.29, 0.717) is 5.58 Å². The van der Waals surface area contributed by atoms with Crippen LogP contribution < -0.4 is 5.63 Å². The Morgan fingerprint density at radius 1 is 0.913 bits per heavy atom. The standard InChI is InChI=1S/C20H28O3/c1-2-3-4-5-6-7-8-9-10-11-17-14-16-12-13-18(21)15-19(16)23-20(17)22/h12-15,21H,2-11H2,1H3. The van der Waals surface area contributed by atoms with Crippen molar-refractivity contribution in [3.05, 3.63) is 40.2 Å². The molecule has 1 aromatic heterocycles. The highest BCUT2D eigenvalue weighted by Gasteiger charge is 2.06. The van der Waals surface area contributed by atoms with Gasteiger partial charge in [0, 0.05) is 17.0 Å². The van der Waals surface area contributed by atoms with E-state index in [1.54, 1.807) is 12.1 Å². The summed E-state index contributed by atoms with van der Waals surface area (Å²) in [7, 11) is 0. The van der Waals surface area contributed by atoms with Crippen LogP contribution in [0.3, 0.4) is 0 Å². The first-order valence-corrected chi connectivity index (χ1v) is 8.96. The van der Waals surface area contributed by atoms with Crippen LogP contribution in [0.2, 0.25) is 0 Å².